The topological polar surface area (TPSA) is 61.3 Å². The zero-order chi connectivity index (χ0) is 17.9. The normalized spacial score (nSPS) is 20.3. The Morgan fingerprint density at radius 3 is 2.72 bits per heavy atom. The lowest BCUT2D eigenvalue weighted by molar-refractivity contribution is 0.216. The van der Waals surface area contributed by atoms with Gasteiger partial charge in [-0.1, -0.05) is 30.4 Å². The monoisotopic (exact) mass is 364 g/mol. The molecule has 25 heavy (non-hydrogen) atoms. The van der Waals surface area contributed by atoms with Crippen LogP contribution in [0.1, 0.15) is 38.3 Å². The molecule has 0 unspecified atom stereocenters. The summed E-state index contributed by atoms with van der Waals surface area (Å²) in [5.74, 6) is 7.98. The number of nitrogens with zero attached hydrogens (tertiary/aromatic N) is 3. The van der Waals surface area contributed by atoms with Crippen LogP contribution in [0.4, 0.5) is 0 Å². The number of nitrogens with one attached hydrogen (secondary N) is 1. The zero-order valence-corrected chi connectivity index (χ0v) is 15.8. The van der Waals surface area contributed by atoms with E-state index in [1.165, 1.54) is 25.7 Å². The van der Waals surface area contributed by atoms with Crippen LogP contribution in [0.2, 0.25) is 5.15 Å². The van der Waals surface area contributed by atoms with E-state index in [0.29, 0.717) is 17.6 Å². The first kappa shape index (κ1) is 20.1. The molecule has 0 spiro atoms. The molecule has 0 saturated heterocycles. The molecule has 0 atom stereocenters. The molecular formula is C19H29ClN4O. The second-order valence-electron chi connectivity index (χ2n) is 6.61. The molecule has 0 amide bonds. The van der Waals surface area contributed by atoms with E-state index < -0.39 is 0 Å². The number of halogens is 1. The van der Waals surface area contributed by atoms with Gasteiger partial charge in [0.25, 0.3) is 0 Å². The van der Waals surface area contributed by atoms with Crippen LogP contribution in [-0.4, -0.2) is 53.0 Å². The maximum atomic E-state index is 8.99. The molecule has 6 heteroatoms. The predicted molar refractivity (Wildman–Crippen MR) is 101 cm³/mol. The summed E-state index contributed by atoms with van der Waals surface area (Å²) in [5, 5.41) is 20.8. The highest BCUT2D eigenvalue weighted by atomic mass is 35.5. The Bertz CT molecular complexity index is 547. The fourth-order valence-electron chi connectivity index (χ4n) is 3.15. The third-order valence-electron chi connectivity index (χ3n) is 4.75. The van der Waals surface area contributed by atoms with E-state index in [1.807, 2.05) is 6.07 Å². The smallest absolute Gasteiger partial charge is 0.151 e. The van der Waals surface area contributed by atoms with E-state index in [4.69, 9.17) is 16.7 Å². The summed E-state index contributed by atoms with van der Waals surface area (Å²) >= 11 is 5.74. The quantitative estimate of drug-likeness (QED) is 0.693. The van der Waals surface area contributed by atoms with Gasteiger partial charge in [0.15, 0.2) is 5.15 Å². The van der Waals surface area contributed by atoms with Crippen molar-refractivity contribution in [3.63, 3.8) is 0 Å². The summed E-state index contributed by atoms with van der Waals surface area (Å²) in [4.78, 5) is 2.17. The molecule has 5 nitrogen and oxygen atoms in total. The van der Waals surface area contributed by atoms with Crippen molar-refractivity contribution in [2.45, 2.75) is 39.2 Å². The Balaban J connectivity index is 1.62. The maximum absolute atomic E-state index is 8.99. The van der Waals surface area contributed by atoms with Crippen molar-refractivity contribution in [2.75, 3.05) is 32.8 Å². The van der Waals surface area contributed by atoms with Crippen LogP contribution in [-0.2, 0) is 6.54 Å². The lowest BCUT2D eigenvalue weighted by Crippen LogP contribution is -2.27. The molecule has 1 heterocycles. The number of rotatable bonds is 8. The van der Waals surface area contributed by atoms with Crippen LogP contribution >= 0.6 is 11.6 Å². The minimum atomic E-state index is 0.204. The summed E-state index contributed by atoms with van der Waals surface area (Å²) in [6, 6.07) is 3.68. The number of hydrogen-bond donors (Lipinski definition) is 2. The Morgan fingerprint density at radius 1 is 1.28 bits per heavy atom. The van der Waals surface area contributed by atoms with Gasteiger partial charge in [0.05, 0.1) is 18.8 Å². The van der Waals surface area contributed by atoms with Crippen LogP contribution in [0.5, 0.6) is 0 Å². The number of hydrogen-bond acceptors (Lipinski definition) is 5. The van der Waals surface area contributed by atoms with Crippen LogP contribution in [0, 0.1) is 23.7 Å². The highest BCUT2D eigenvalue weighted by Gasteiger charge is 2.19. The van der Waals surface area contributed by atoms with Gasteiger partial charge in [0.2, 0.25) is 0 Å². The largest absolute Gasteiger partial charge is 0.395 e. The van der Waals surface area contributed by atoms with Crippen molar-refractivity contribution in [2.24, 2.45) is 11.8 Å². The molecule has 1 aromatic heterocycles. The van der Waals surface area contributed by atoms with Gasteiger partial charge in [-0.2, -0.15) is 5.10 Å². The van der Waals surface area contributed by atoms with Crippen LogP contribution in [0.25, 0.3) is 0 Å². The fraction of sp³-hybridized carbons (Fsp3) is 0.684. The Morgan fingerprint density at radius 2 is 2.08 bits per heavy atom. The van der Waals surface area contributed by atoms with Crippen molar-refractivity contribution in [1.29, 1.82) is 0 Å². The SMILES string of the molecule is CCN(CC#CC1CCC(CNCc2ccc(Cl)nn2)CC1)CCO. The van der Waals surface area contributed by atoms with Gasteiger partial charge in [-0.15, -0.1) is 5.10 Å². The zero-order valence-electron chi connectivity index (χ0n) is 15.0. The third-order valence-corrected chi connectivity index (χ3v) is 4.95. The highest BCUT2D eigenvalue weighted by molar-refractivity contribution is 6.29. The average Bonchev–Trinajstić information content (AvgIpc) is 2.64. The van der Waals surface area contributed by atoms with Crippen molar-refractivity contribution < 1.29 is 5.11 Å². The van der Waals surface area contributed by atoms with E-state index in [2.05, 4.69) is 39.2 Å². The molecule has 2 N–H and O–H groups in total. The predicted octanol–water partition coefficient (Wildman–Crippen LogP) is 2.34. The molecule has 1 saturated carbocycles. The number of aliphatic hydroxyl groups is 1. The summed E-state index contributed by atoms with van der Waals surface area (Å²) in [6.07, 6.45) is 4.83. The van der Waals surface area contributed by atoms with E-state index in [-0.39, 0.29) is 6.61 Å². The molecule has 0 bridgehead atoms. The Labute approximate surface area is 156 Å². The van der Waals surface area contributed by atoms with Crippen LogP contribution < -0.4 is 5.32 Å². The van der Waals surface area contributed by atoms with Crippen LogP contribution in [0.15, 0.2) is 12.1 Å². The molecule has 1 aliphatic carbocycles. The molecule has 138 valence electrons. The van der Waals surface area contributed by atoms with E-state index in [0.717, 1.165) is 37.8 Å². The van der Waals surface area contributed by atoms with E-state index in [1.54, 1.807) is 6.07 Å². The molecule has 1 aromatic rings. The van der Waals surface area contributed by atoms with Gasteiger partial charge in [-0.05, 0) is 56.8 Å². The van der Waals surface area contributed by atoms with E-state index >= 15 is 0 Å². The Hall–Kier alpha value is -1.19. The molecule has 0 aliphatic heterocycles. The molecule has 1 fully saturated rings. The maximum Gasteiger partial charge on any atom is 0.151 e. The second-order valence-corrected chi connectivity index (χ2v) is 7.00. The second kappa shape index (κ2) is 11.4. The summed E-state index contributed by atoms with van der Waals surface area (Å²) in [6.45, 7) is 6.47. The Kier molecular flexibility index (Phi) is 9.20. The molecule has 2 rings (SSSR count). The summed E-state index contributed by atoms with van der Waals surface area (Å²) < 4.78 is 0. The van der Waals surface area contributed by atoms with Gasteiger partial charge >= 0.3 is 0 Å². The van der Waals surface area contributed by atoms with Gasteiger partial charge in [-0.3, -0.25) is 4.90 Å². The molecule has 0 aromatic carbocycles. The number of aliphatic hydroxyl groups excluding tert-OH is 1. The van der Waals surface area contributed by atoms with Crippen molar-refractivity contribution in [1.82, 2.24) is 20.4 Å². The fourth-order valence-corrected chi connectivity index (χ4v) is 3.25. The van der Waals surface area contributed by atoms with Crippen molar-refractivity contribution in [3.8, 4) is 11.8 Å². The molecule has 0 radical (unpaired) electrons. The van der Waals surface area contributed by atoms with Gasteiger partial charge in [0.1, 0.15) is 0 Å². The van der Waals surface area contributed by atoms with Gasteiger partial charge in [0, 0.05) is 19.0 Å². The lowest BCUT2D eigenvalue weighted by Gasteiger charge is -2.26. The van der Waals surface area contributed by atoms with Gasteiger partial charge in [-0.25, -0.2) is 0 Å². The van der Waals surface area contributed by atoms with Gasteiger partial charge < -0.3 is 10.4 Å². The third kappa shape index (κ3) is 7.70. The van der Waals surface area contributed by atoms with Crippen molar-refractivity contribution >= 4 is 11.6 Å². The van der Waals surface area contributed by atoms with Crippen LogP contribution in [0.3, 0.4) is 0 Å². The van der Waals surface area contributed by atoms with Crippen molar-refractivity contribution in [3.05, 3.63) is 23.0 Å². The molecular weight excluding hydrogens is 336 g/mol. The highest BCUT2D eigenvalue weighted by Crippen LogP contribution is 2.27. The van der Waals surface area contributed by atoms with E-state index in [9.17, 15) is 0 Å². The first-order valence-electron chi connectivity index (χ1n) is 9.21. The minimum absolute atomic E-state index is 0.204. The summed E-state index contributed by atoms with van der Waals surface area (Å²) in [5.41, 5.74) is 0.923. The number of likely N-dealkylation sites (N-methyl/N-ethyl adjacent to an activating group) is 1. The summed E-state index contributed by atoms with van der Waals surface area (Å²) in [7, 11) is 0. The minimum Gasteiger partial charge on any atom is -0.395 e. The number of aromatic nitrogens is 2. The first-order chi connectivity index (χ1) is 12.2. The average molecular weight is 365 g/mol. The standard InChI is InChI=1S/C19H29ClN4O/c1-2-24(12-13-25)11-3-4-16-5-7-17(8-6-16)14-21-15-18-9-10-19(20)23-22-18/h9-10,16-17,21,25H,2,5-8,11-15H2,1H3. The molecule has 1 aliphatic rings. The lowest BCUT2D eigenvalue weighted by atomic mass is 9.82. The first-order valence-corrected chi connectivity index (χ1v) is 9.59.